The number of halogens is 2. The van der Waals surface area contributed by atoms with Crippen LogP contribution < -0.4 is 10.6 Å². The summed E-state index contributed by atoms with van der Waals surface area (Å²) >= 11 is 0. The van der Waals surface area contributed by atoms with Crippen molar-refractivity contribution >= 4 is 5.95 Å². The fourth-order valence-corrected chi connectivity index (χ4v) is 5.71. The summed E-state index contributed by atoms with van der Waals surface area (Å²) in [4.78, 5) is 11.7. The Morgan fingerprint density at radius 3 is 2.49 bits per heavy atom. The number of nitrogens with zero attached hydrogens (tertiary/aromatic N) is 3. The van der Waals surface area contributed by atoms with Gasteiger partial charge in [-0.2, -0.15) is 0 Å². The lowest BCUT2D eigenvalue weighted by Gasteiger charge is -2.39. The molecule has 0 saturated carbocycles. The Bertz CT molecular complexity index is 1120. The normalized spacial score (nSPS) is 21.9. The van der Waals surface area contributed by atoms with Crippen molar-refractivity contribution in [1.82, 2.24) is 20.2 Å². The Hall–Kier alpha value is -2.90. The van der Waals surface area contributed by atoms with Gasteiger partial charge in [0.2, 0.25) is 5.95 Å². The third kappa shape index (κ3) is 5.85. The number of anilines is 1. The summed E-state index contributed by atoms with van der Waals surface area (Å²) in [5, 5.41) is 6.83. The van der Waals surface area contributed by atoms with Gasteiger partial charge in [0.05, 0.1) is 5.69 Å². The Balaban J connectivity index is 1.22. The van der Waals surface area contributed by atoms with Gasteiger partial charge in [0, 0.05) is 49.0 Å². The summed E-state index contributed by atoms with van der Waals surface area (Å²) in [6.07, 6.45) is 7.31. The first-order chi connectivity index (χ1) is 17.1. The highest BCUT2D eigenvalue weighted by atomic mass is 19.1. The van der Waals surface area contributed by atoms with Crippen LogP contribution in [0.15, 0.2) is 54.7 Å². The molecule has 2 fully saturated rings. The SMILES string of the molecule is CCNC1CC2CCC(C1)N2Cc1cccc(-c2ccnc(NCCc3cc(F)cc(F)c3)n2)c1. The van der Waals surface area contributed by atoms with Crippen molar-refractivity contribution < 1.29 is 8.78 Å². The number of fused-ring (bicyclic) bond motifs is 2. The zero-order chi connectivity index (χ0) is 24.2. The molecule has 2 aromatic carbocycles. The van der Waals surface area contributed by atoms with E-state index in [9.17, 15) is 8.78 Å². The molecule has 5 rings (SSSR count). The maximum absolute atomic E-state index is 13.4. The zero-order valence-electron chi connectivity index (χ0n) is 20.2. The van der Waals surface area contributed by atoms with Crippen molar-refractivity contribution in [2.75, 3.05) is 18.4 Å². The van der Waals surface area contributed by atoms with Crippen LogP contribution in [0, 0.1) is 11.6 Å². The van der Waals surface area contributed by atoms with Crippen LogP contribution in [-0.2, 0) is 13.0 Å². The molecule has 2 N–H and O–H groups in total. The second kappa shape index (κ2) is 10.8. The van der Waals surface area contributed by atoms with Gasteiger partial charge in [-0.3, -0.25) is 4.90 Å². The van der Waals surface area contributed by atoms with E-state index in [2.05, 4.69) is 56.7 Å². The van der Waals surface area contributed by atoms with Crippen LogP contribution in [0.4, 0.5) is 14.7 Å². The number of rotatable bonds is 9. The first-order valence-corrected chi connectivity index (χ1v) is 12.7. The molecule has 35 heavy (non-hydrogen) atoms. The van der Waals surface area contributed by atoms with Crippen molar-refractivity contribution in [3.05, 3.63) is 77.5 Å². The number of aromatic nitrogens is 2. The van der Waals surface area contributed by atoms with Crippen LogP contribution in [-0.4, -0.2) is 46.1 Å². The van der Waals surface area contributed by atoms with Gasteiger partial charge in [0.25, 0.3) is 0 Å². The summed E-state index contributed by atoms with van der Waals surface area (Å²) in [6.45, 7) is 4.70. The average molecular weight is 478 g/mol. The molecule has 1 aromatic heterocycles. The molecule has 0 amide bonds. The first-order valence-electron chi connectivity index (χ1n) is 12.7. The summed E-state index contributed by atoms with van der Waals surface area (Å²) in [6, 6.07) is 16.1. The fourth-order valence-electron chi connectivity index (χ4n) is 5.71. The van der Waals surface area contributed by atoms with Crippen LogP contribution in [0.3, 0.4) is 0 Å². The molecule has 2 aliphatic heterocycles. The van der Waals surface area contributed by atoms with E-state index >= 15 is 0 Å². The lowest BCUT2D eigenvalue weighted by Crippen LogP contribution is -2.48. The molecule has 3 aromatic rings. The third-order valence-electron chi connectivity index (χ3n) is 7.24. The second-order valence-corrected chi connectivity index (χ2v) is 9.70. The minimum absolute atomic E-state index is 0.477. The Kier molecular flexibility index (Phi) is 7.35. The molecular formula is C28H33F2N5. The predicted octanol–water partition coefficient (Wildman–Crippen LogP) is 5.18. The summed E-state index contributed by atoms with van der Waals surface area (Å²) < 4.78 is 26.8. The molecular weight excluding hydrogens is 444 g/mol. The Morgan fingerprint density at radius 2 is 1.74 bits per heavy atom. The number of nitrogens with one attached hydrogen (secondary N) is 2. The number of piperidine rings is 1. The van der Waals surface area contributed by atoms with Gasteiger partial charge in [-0.15, -0.1) is 0 Å². The Morgan fingerprint density at radius 1 is 0.971 bits per heavy atom. The molecule has 2 aliphatic rings. The molecule has 0 spiro atoms. The quantitative estimate of drug-likeness (QED) is 0.445. The maximum atomic E-state index is 13.4. The molecule has 2 atom stereocenters. The van der Waals surface area contributed by atoms with E-state index in [4.69, 9.17) is 0 Å². The summed E-state index contributed by atoms with van der Waals surface area (Å²) in [5.41, 5.74) is 3.83. The maximum Gasteiger partial charge on any atom is 0.223 e. The standard InChI is InChI=1S/C28H33F2N5/c1-2-31-24-16-25-6-7-26(17-24)35(25)18-20-4-3-5-21(12-20)27-9-11-33-28(34-27)32-10-8-19-13-22(29)15-23(30)14-19/h3-5,9,11-15,24-26,31H,2,6-8,10,16-18H2,1H3,(H,32,33,34). The van der Waals surface area contributed by atoms with Gasteiger partial charge in [-0.05, 0) is 74.0 Å². The molecule has 7 heteroatoms. The molecule has 2 saturated heterocycles. The fraction of sp³-hybridized carbons (Fsp3) is 0.429. The predicted molar refractivity (Wildman–Crippen MR) is 135 cm³/mol. The van der Waals surface area contributed by atoms with Crippen molar-refractivity contribution in [3.8, 4) is 11.3 Å². The van der Waals surface area contributed by atoms with Crippen molar-refractivity contribution in [3.63, 3.8) is 0 Å². The largest absolute Gasteiger partial charge is 0.354 e. The average Bonchev–Trinajstić information content (AvgIpc) is 3.06. The van der Waals surface area contributed by atoms with Gasteiger partial charge in [0.15, 0.2) is 0 Å². The molecule has 0 aliphatic carbocycles. The third-order valence-corrected chi connectivity index (χ3v) is 7.24. The van der Waals surface area contributed by atoms with Gasteiger partial charge in [-0.1, -0.05) is 25.1 Å². The molecule has 2 bridgehead atoms. The van der Waals surface area contributed by atoms with Crippen molar-refractivity contribution in [2.24, 2.45) is 0 Å². The van der Waals surface area contributed by atoms with E-state index in [1.807, 2.05) is 6.07 Å². The van der Waals surface area contributed by atoms with E-state index in [1.54, 1.807) is 6.20 Å². The number of hydrogen-bond acceptors (Lipinski definition) is 5. The van der Waals surface area contributed by atoms with E-state index in [1.165, 1.54) is 43.4 Å². The van der Waals surface area contributed by atoms with E-state index < -0.39 is 11.6 Å². The van der Waals surface area contributed by atoms with Crippen LogP contribution in [0.2, 0.25) is 0 Å². The van der Waals surface area contributed by atoms with Crippen LogP contribution in [0.5, 0.6) is 0 Å². The van der Waals surface area contributed by atoms with Gasteiger partial charge in [0.1, 0.15) is 11.6 Å². The van der Waals surface area contributed by atoms with Crippen LogP contribution >= 0.6 is 0 Å². The molecule has 184 valence electrons. The van der Waals surface area contributed by atoms with Gasteiger partial charge < -0.3 is 10.6 Å². The smallest absolute Gasteiger partial charge is 0.223 e. The van der Waals surface area contributed by atoms with Crippen LogP contribution in [0.1, 0.15) is 43.7 Å². The van der Waals surface area contributed by atoms with Gasteiger partial charge >= 0.3 is 0 Å². The highest BCUT2D eigenvalue weighted by Crippen LogP contribution is 2.37. The first kappa shape index (κ1) is 23.8. The van der Waals surface area contributed by atoms with Crippen molar-refractivity contribution in [1.29, 1.82) is 0 Å². The van der Waals surface area contributed by atoms with Crippen LogP contribution in [0.25, 0.3) is 11.3 Å². The van der Waals surface area contributed by atoms with E-state index in [-0.39, 0.29) is 0 Å². The zero-order valence-corrected chi connectivity index (χ0v) is 20.2. The highest BCUT2D eigenvalue weighted by Gasteiger charge is 2.40. The van der Waals surface area contributed by atoms with Crippen molar-refractivity contribution in [2.45, 2.75) is 63.7 Å². The van der Waals surface area contributed by atoms with Gasteiger partial charge in [-0.25, -0.2) is 18.7 Å². The highest BCUT2D eigenvalue weighted by molar-refractivity contribution is 5.61. The minimum Gasteiger partial charge on any atom is -0.354 e. The number of benzene rings is 2. The Labute approximate surface area is 206 Å². The summed E-state index contributed by atoms with van der Waals surface area (Å²) in [5.74, 6) is -0.616. The minimum atomic E-state index is -0.562. The molecule has 0 radical (unpaired) electrons. The van der Waals surface area contributed by atoms with E-state index in [0.29, 0.717) is 42.6 Å². The monoisotopic (exact) mass is 477 g/mol. The molecule has 2 unspecified atom stereocenters. The second-order valence-electron chi connectivity index (χ2n) is 9.70. The lowest BCUT2D eigenvalue weighted by atomic mass is 9.96. The lowest BCUT2D eigenvalue weighted by molar-refractivity contribution is 0.110. The van der Waals surface area contributed by atoms with E-state index in [0.717, 1.165) is 30.4 Å². The number of hydrogen-bond donors (Lipinski definition) is 2. The summed E-state index contributed by atoms with van der Waals surface area (Å²) in [7, 11) is 0. The molecule has 3 heterocycles. The topological polar surface area (TPSA) is 53.1 Å². The molecule has 5 nitrogen and oxygen atoms in total.